The monoisotopic (exact) mass is 253 g/mol. The first kappa shape index (κ1) is 11.5. The summed E-state index contributed by atoms with van der Waals surface area (Å²) in [5.41, 5.74) is 7.00. The number of halogens is 1. The van der Waals surface area contributed by atoms with E-state index in [4.69, 9.17) is 5.73 Å². The summed E-state index contributed by atoms with van der Waals surface area (Å²) in [5.74, 6) is 0. The first-order valence-corrected chi connectivity index (χ1v) is 5.48. The molecule has 1 aromatic carbocycles. The molecule has 0 saturated heterocycles. The molecule has 14 heavy (non-hydrogen) atoms. The van der Waals surface area contributed by atoms with E-state index in [2.05, 4.69) is 41.6 Å². The number of rotatable bonds is 4. The second kappa shape index (κ2) is 4.76. The average Bonchev–Trinajstić information content (AvgIpc) is 2.21. The zero-order valence-corrected chi connectivity index (χ0v) is 10.0. The van der Waals surface area contributed by atoms with Crippen molar-refractivity contribution in [1.29, 1.82) is 0 Å². The van der Waals surface area contributed by atoms with Gasteiger partial charge in [-0.05, 0) is 18.1 Å². The Bertz CT molecular complexity index is 322. The van der Waals surface area contributed by atoms with Gasteiger partial charge in [-0.3, -0.25) is 0 Å². The Kier molecular flexibility index (Phi) is 3.90. The number of benzene rings is 1. The lowest BCUT2D eigenvalue weighted by atomic mass is 9.84. The summed E-state index contributed by atoms with van der Waals surface area (Å²) in [6, 6.07) is 8.22. The van der Waals surface area contributed by atoms with Crippen LogP contribution in [0, 0.1) is 5.41 Å². The molecular formula is C12H16BrN. The lowest BCUT2D eigenvalue weighted by Gasteiger charge is -2.24. The summed E-state index contributed by atoms with van der Waals surface area (Å²) in [7, 11) is 0. The summed E-state index contributed by atoms with van der Waals surface area (Å²) in [6.07, 6.45) is 2.86. The molecule has 0 amide bonds. The van der Waals surface area contributed by atoms with Crippen LogP contribution in [0.4, 0.5) is 0 Å². The SMILES string of the molecule is C=CC(C)(CN)Cc1ccccc1Br. The fraction of sp³-hybridized carbons (Fsp3) is 0.333. The molecule has 0 saturated carbocycles. The van der Waals surface area contributed by atoms with Crippen molar-refractivity contribution in [3.05, 3.63) is 47.0 Å². The van der Waals surface area contributed by atoms with Gasteiger partial charge in [0.2, 0.25) is 0 Å². The van der Waals surface area contributed by atoms with Crippen LogP contribution in [0.3, 0.4) is 0 Å². The van der Waals surface area contributed by atoms with Gasteiger partial charge in [0.1, 0.15) is 0 Å². The van der Waals surface area contributed by atoms with Crippen LogP contribution in [0.2, 0.25) is 0 Å². The number of hydrogen-bond donors (Lipinski definition) is 1. The zero-order valence-electron chi connectivity index (χ0n) is 8.46. The molecule has 0 bridgehead atoms. The van der Waals surface area contributed by atoms with E-state index in [1.165, 1.54) is 5.56 Å². The predicted molar refractivity (Wildman–Crippen MR) is 65.2 cm³/mol. The van der Waals surface area contributed by atoms with Crippen molar-refractivity contribution in [2.45, 2.75) is 13.3 Å². The fourth-order valence-corrected chi connectivity index (χ4v) is 1.73. The predicted octanol–water partition coefficient (Wildman–Crippen LogP) is 3.14. The van der Waals surface area contributed by atoms with E-state index in [1.807, 2.05) is 18.2 Å². The topological polar surface area (TPSA) is 26.0 Å². The maximum atomic E-state index is 5.73. The molecule has 0 radical (unpaired) electrons. The molecule has 0 aliphatic heterocycles. The molecule has 0 heterocycles. The van der Waals surface area contributed by atoms with Crippen molar-refractivity contribution in [2.24, 2.45) is 11.1 Å². The molecule has 1 atom stereocenters. The molecule has 2 heteroatoms. The normalized spacial score (nSPS) is 14.8. The van der Waals surface area contributed by atoms with Crippen LogP contribution < -0.4 is 5.73 Å². The lowest BCUT2D eigenvalue weighted by Crippen LogP contribution is -2.27. The first-order chi connectivity index (χ1) is 6.61. The Labute approximate surface area is 94.1 Å². The van der Waals surface area contributed by atoms with E-state index < -0.39 is 0 Å². The van der Waals surface area contributed by atoms with Gasteiger partial charge in [-0.15, -0.1) is 6.58 Å². The van der Waals surface area contributed by atoms with Gasteiger partial charge in [-0.2, -0.15) is 0 Å². The fourth-order valence-electron chi connectivity index (χ4n) is 1.30. The third kappa shape index (κ3) is 2.69. The minimum Gasteiger partial charge on any atom is -0.330 e. The van der Waals surface area contributed by atoms with Crippen LogP contribution in [0.1, 0.15) is 12.5 Å². The van der Waals surface area contributed by atoms with Crippen LogP contribution in [0.5, 0.6) is 0 Å². The van der Waals surface area contributed by atoms with Crippen molar-refractivity contribution in [2.75, 3.05) is 6.54 Å². The summed E-state index contributed by atoms with van der Waals surface area (Å²) in [4.78, 5) is 0. The molecule has 0 fully saturated rings. The van der Waals surface area contributed by atoms with Crippen LogP contribution >= 0.6 is 15.9 Å². The highest BCUT2D eigenvalue weighted by molar-refractivity contribution is 9.10. The van der Waals surface area contributed by atoms with E-state index in [9.17, 15) is 0 Å². The molecule has 1 nitrogen and oxygen atoms in total. The molecule has 0 aliphatic carbocycles. The molecule has 76 valence electrons. The summed E-state index contributed by atoms with van der Waals surface area (Å²) < 4.78 is 1.14. The maximum Gasteiger partial charge on any atom is 0.0207 e. The first-order valence-electron chi connectivity index (χ1n) is 4.68. The highest BCUT2D eigenvalue weighted by atomic mass is 79.9. The smallest absolute Gasteiger partial charge is 0.0207 e. The Morgan fingerprint density at radius 3 is 2.64 bits per heavy atom. The number of nitrogens with two attached hydrogens (primary N) is 1. The minimum absolute atomic E-state index is 0.0100. The van der Waals surface area contributed by atoms with E-state index in [0.29, 0.717) is 6.54 Å². The van der Waals surface area contributed by atoms with Gasteiger partial charge in [-0.1, -0.05) is 47.1 Å². The second-order valence-electron chi connectivity index (χ2n) is 3.83. The van der Waals surface area contributed by atoms with Crippen LogP contribution in [-0.2, 0) is 6.42 Å². The Morgan fingerprint density at radius 1 is 1.50 bits per heavy atom. The van der Waals surface area contributed by atoms with Crippen LogP contribution in [-0.4, -0.2) is 6.54 Å². The second-order valence-corrected chi connectivity index (χ2v) is 4.68. The average molecular weight is 254 g/mol. The highest BCUT2D eigenvalue weighted by Gasteiger charge is 2.19. The van der Waals surface area contributed by atoms with Crippen molar-refractivity contribution in [1.82, 2.24) is 0 Å². The highest BCUT2D eigenvalue weighted by Crippen LogP contribution is 2.26. The van der Waals surface area contributed by atoms with Crippen LogP contribution in [0.25, 0.3) is 0 Å². The van der Waals surface area contributed by atoms with Gasteiger partial charge in [0.15, 0.2) is 0 Å². The minimum atomic E-state index is -0.0100. The Balaban J connectivity index is 2.87. The van der Waals surface area contributed by atoms with E-state index in [-0.39, 0.29) is 5.41 Å². The lowest BCUT2D eigenvalue weighted by molar-refractivity contribution is 0.438. The standard InChI is InChI=1S/C12H16BrN/c1-3-12(2,9-14)8-10-6-4-5-7-11(10)13/h3-7H,1,8-9,14H2,2H3. The molecule has 1 rings (SSSR count). The molecule has 0 aliphatic rings. The summed E-state index contributed by atoms with van der Waals surface area (Å²) in [6.45, 7) is 6.58. The third-order valence-electron chi connectivity index (χ3n) is 2.51. The van der Waals surface area contributed by atoms with Crippen molar-refractivity contribution in [3.63, 3.8) is 0 Å². The van der Waals surface area contributed by atoms with Gasteiger partial charge >= 0.3 is 0 Å². The van der Waals surface area contributed by atoms with Crippen molar-refractivity contribution >= 4 is 15.9 Å². The maximum absolute atomic E-state index is 5.73. The van der Waals surface area contributed by atoms with E-state index >= 15 is 0 Å². The Hall–Kier alpha value is -0.600. The molecule has 2 N–H and O–H groups in total. The molecule has 1 aromatic rings. The Morgan fingerprint density at radius 2 is 2.14 bits per heavy atom. The van der Waals surface area contributed by atoms with Crippen LogP contribution in [0.15, 0.2) is 41.4 Å². The quantitative estimate of drug-likeness (QED) is 0.821. The van der Waals surface area contributed by atoms with E-state index in [0.717, 1.165) is 10.9 Å². The number of hydrogen-bond acceptors (Lipinski definition) is 1. The van der Waals surface area contributed by atoms with Crippen molar-refractivity contribution < 1.29 is 0 Å². The van der Waals surface area contributed by atoms with Gasteiger partial charge < -0.3 is 5.73 Å². The van der Waals surface area contributed by atoms with Crippen molar-refractivity contribution in [3.8, 4) is 0 Å². The molecule has 0 spiro atoms. The van der Waals surface area contributed by atoms with E-state index in [1.54, 1.807) is 0 Å². The van der Waals surface area contributed by atoms with Gasteiger partial charge in [-0.25, -0.2) is 0 Å². The summed E-state index contributed by atoms with van der Waals surface area (Å²) in [5, 5.41) is 0. The largest absolute Gasteiger partial charge is 0.330 e. The van der Waals surface area contributed by atoms with Gasteiger partial charge in [0.05, 0.1) is 0 Å². The third-order valence-corrected chi connectivity index (χ3v) is 3.28. The van der Waals surface area contributed by atoms with Gasteiger partial charge in [0.25, 0.3) is 0 Å². The zero-order chi connectivity index (χ0) is 10.6. The summed E-state index contributed by atoms with van der Waals surface area (Å²) >= 11 is 3.53. The van der Waals surface area contributed by atoms with Gasteiger partial charge in [0, 0.05) is 16.4 Å². The molecular weight excluding hydrogens is 238 g/mol. The molecule has 0 aromatic heterocycles. The molecule has 1 unspecified atom stereocenters.